The molecule has 3 nitrogen and oxygen atoms in total. The molecule has 0 amide bonds. The number of aliphatic hydroxyl groups excluding tert-OH is 1. The van der Waals surface area contributed by atoms with Gasteiger partial charge in [-0.05, 0) is 24.1 Å². The minimum absolute atomic E-state index is 0.409. The highest BCUT2D eigenvalue weighted by atomic mass is 16.3. The second-order valence-electron chi connectivity index (χ2n) is 3.24. The van der Waals surface area contributed by atoms with E-state index in [9.17, 15) is 5.11 Å². The second-order valence-corrected chi connectivity index (χ2v) is 3.24. The van der Waals surface area contributed by atoms with Gasteiger partial charge in [0.15, 0.2) is 0 Å². The van der Waals surface area contributed by atoms with Crippen LogP contribution in [0.2, 0.25) is 0 Å². The highest BCUT2D eigenvalue weighted by molar-refractivity contribution is 5.34. The average Bonchev–Trinajstić information content (AvgIpc) is 2.27. The van der Waals surface area contributed by atoms with Gasteiger partial charge >= 0.3 is 0 Å². The van der Waals surface area contributed by atoms with Crippen molar-refractivity contribution in [2.24, 2.45) is 5.73 Å². The van der Waals surface area contributed by atoms with Crippen molar-refractivity contribution in [2.75, 3.05) is 0 Å². The number of nitriles is 1. The Morgan fingerprint density at radius 3 is 2.86 bits per heavy atom. The van der Waals surface area contributed by atoms with Crippen LogP contribution in [-0.2, 0) is 0 Å². The van der Waals surface area contributed by atoms with Crippen molar-refractivity contribution in [2.45, 2.75) is 25.5 Å². The number of hydrogen-bond acceptors (Lipinski definition) is 3. The van der Waals surface area contributed by atoms with E-state index >= 15 is 0 Å². The Bertz CT molecular complexity index is 343. The third kappa shape index (κ3) is 2.32. The van der Waals surface area contributed by atoms with Gasteiger partial charge in [0.25, 0.3) is 0 Å². The number of nitrogens with two attached hydrogens (primary N) is 1. The van der Waals surface area contributed by atoms with E-state index < -0.39 is 12.1 Å². The molecule has 0 aliphatic carbocycles. The normalized spacial score (nSPS) is 14.4. The summed E-state index contributed by atoms with van der Waals surface area (Å²) in [5.74, 6) is 0. The van der Waals surface area contributed by atoms with Gasteiger partial charge in [-0.1, -0.05) is 19.1 Å². The minimum atomic E-state index is -0.552. The zero-order chi connectivity index (χ0) is 10.6. The fraction of sp³-hybridized carbons (Fsp3) is 0.364. The Morgan fingerprint density at radius 2 is 2.29 bits per heavy atom. The van der Waals surface area contributed by atoms with Crippen molar-refractivity contribution in [3.05, 3.63) is 35.4 Å². The highest BCUT2D eigenvalue weighted by Gasteiger charge is 2.14. The topological polar surface area (TPSA) is 70.0 Å². The number of benzene rings is 1. The molecule has 0 saturated heterocycles. The Labute approximate surface area is 83.8 Å². The molecule has 3 heteroatoms. The van der Waals surface area contributed by atoms with E-state index in [-0.39, 0.29) is 0 Å². The monoisotopic (exact) mass is 190 g/mol. The Balaban J connectivity index is 2.91. The van der Waals surface area contributed by atoms with Crippen LogP contribution in [0.25, 0.3) is 0 Å². The predicted octanol–water partition coefficient (Wildman–Crippen LogP) is 1.33. The number of aliphatic hydroxyl groups is 1. The summed E-state index contributed by atoms with van der Waals surface area (Å²) >= 11 is 0. The molecule has 2 atom stereocenters. The van der Waals surface area contributed by atoms with E-state index in [1.54, 1.807) is 18.2 Å². The van der Waals surface area contributed by atoms with Crippen molar-refractivity contribution >= 4 is 0 Å². The molecular formula is C11H14N2O. The summed E-state index contributed by atoms with van der Waals surface area (Å²) in [6.07, 6.45) is 0.0572. The summed E-state index contributed by atoms with van der Waals surface area (Å²) in [5.41, 5.74) is 7.19. The molecule has 1 aromatic rings. The summed E-state index contributed by atoms with van der Waals surface area (Å²) in [5, 5.41) is 18.2. The third-order valence-electron chi connectivity index (χ3n) is 2.23. The maximum atomic E-state index is 9.54. The van der Waals surface area contributed by atoms with E-state index in [1.807, 2.05) is 19.1 Å². The van der Waals surface area contributed by atoms with Gasteiger partial charge < -0.3 is 10.8 Å². The first kappa shape index (κ1) is 10.7. The highest BCUT2D eigenvalue weighted by Crippen LogP contribution is 2.17. The lowest BCUT2D eigenvalue weighted by atomic mass is 9.99. The van der Waals surface area contributed by atoms with E-state index in [0.29, 0.717) is 12.0 Å². The van der Waals surface area contributed by atoms with Crippen LogP contribution in [0.4, 0.5) is 0 Å². The summed E-state index contributed by atoms with van der Waals surface area (Å²) in [4.78, 5) is 0. The molecular weight excluding hydrogens is 176 g/mol. The molecule has 1 aromatic carbocycles. The summed E-state index contributed by atoms with van der Waals surface area (Å²) < 4.78 is 0. The molecule has 14 heavy (non-hydrogen) atoms. The van der Waals surface area contributed by atoms with Crippen LogP contribution in [-0.4, -0.2) is 11.2 Å². The van der Waals surface area contributed by atoms with Gasteiger partial charge in [-0.15, -0.1) is 0 Å². The van der Waals surface area contributed by atoms with Crippen LogP contribution in [0.3, 0.4) is 0 Å². The minimum Gasteiger partial charge on any atom is -0.391 e. The zero-order valence-electron chi connectivity index (χ0n) is 8.14. The first-order valence-corrected chi connectivity index (χ1v) is 4.62. The third-order valence-corrected chi connectivity index (χ3v) is 2.23. The molecule has 0 spiro atoms. The van der Waals surface area contributed by atoms with Gasteiger partial charge in [-0.25, -0.2) is 0 Å². The fourth-order valence-corrected chi connectivity index (χ4v) is 1.29. The van der Waals surface area contributed by atoms with Crippen LogP contribution < -0.4 is 5.73 Å². The van der Waals surface area contributed by atoms with E-state index in [2.05, 4.69) is 0 Å². The quantitative estimate of drug-likeness (QED) is 0.755. The Morgan fingerprint density at radius 1 is 1.57 bits per heavy atom. The molecule has 0 saturated carbocycles. The lowest BCUT2D eigenvalue weighted by Crippen LogP contribution is -2.25. The number of rotatable bonds is 3. The van der Waals surface area contributed by atoms with Gasteiger partial charge in [-0.2, -0.15) is 5.26 Å². The van der Waals surface area contributed by atoms with Crippen molar-refractivity contribution in [3.8, 4) is 6.07 Å². The molecule has 0 radical (unpaired) electrons. The van der Waals surface area contributed by atoms with E-state index in [0.717, 1.165) is 5.56 Å². The van der Waals surface area contributed by atoms with Crippen LogP contribution in [0, 0.1) is 11.3 Å². The first-order chi connectivity index (χ1) is 6.69. The van der Waals surface area contributed by atoms with Crippen molar-refractivity contribution in [1.29, 1.82) is 5.26 Å². The molecule has 74 valence electrons. The molecule has 0 aliphatic rings. The van der Waals surface area contributed by atoms with Crippen molar-refractivity contribution in [1.82, 2.24) is 0 Å². The lowest BCUT2D eigenvalue weighted by Gasteiger charge is -2.17. The molecule has 0 fully saturated rings. The fourth-order valence-electron chi connectivity index (χ4n) is 1.29. The molecule has 0 bridgehead atoms. The zero-order valence-corrected chi connectivity index (χ0v) is 8.14. The summed E-state index contributed by atoms with van der Waals surface area (Å²) in [6.45, 7) is 1.87. The van der Waals surface area contributed by atoms with Gasteiger partial charge in [0.05, 0.1) is 23.8 Å². The Kier molecular flexibility index (Phi) is 3.63. The van der Waals surface area contributed by atoms with E-state index in [4.69, 9.17) is 11.0 Å². The smallest absolute Gasteiger partial charge is 0.0991 e. The first-order valence-electron chi connectivity index (χ1n) is 4.62. The summed E-state index contributed by atoms with van der Waals surface area (Å²) in [6, 6.07) is 8.66. The van der Waals surface area contributed by atoms with Gasteiger partial charge in [0.2, 0.25) is 0 Å². The SMILES string of the molecule is CCC(O)C(N)c1cccc(C#N)c1. The lowest BCUT2D eigenvalue weighted by molar-refractivity contribution is 0.140. The van der Waals surface area contributed by atoms with E-state index in [1.165, 1.54) is 0 Å². The molecule has 0 aromatic heterocycles. The van der Waals surface area contributed by atoms with Crippen LogP contribution >= 0.6 is 0 Å². The largest absolute Gasteiger partial charge is 0.391 e. The van der Waals surface area contributed by atoms with Crippen LogP contribution in [0.1, 0.15) is 30.5 Å². The summed E-state index contributed by atoms with van der Waals surface area (Å²) in [7, 11) is 0. The molecule has 3 N–H and O–H groups in total. The van der Waals surface area contributed by atoms with Crippen molar-refractivity contribution < 1.29 is 5.11 Å². The van der Waals surface area contributed by atoms with Crippen LogP contribution in [0.15, 0.2) is 24.3 Å². The number of hydrogen-bond donors (Lipinski definition) is 2. The van der Waals surface area contributed by atoms with Gasteiger partial charge in [-0.3, -0.25) is 0 Å². The average molecular weight is 190 g/mol. The van der Waals surface area contributed by atoms with Crippen LogP contribution in [0.5, 0.6) is 0 Å². The Hall–Kier alpha value is -1.37. The van der Waals surface area contributed by atoms with Gasteiger partial charge in [0, 0.05) is 0 Å². The molecule has 0 heterocycles. The molecule has 0 aliphatic heterocycles. The maximum absolute atomic E-state index is 9.54. The predicted molar refractivity (Wildman–Crippen MR) is 54.4 cm³/mol. The second kappa shape index (κ2) is 4.75. The number of nitrogens with zero attached hydrogens (tertiary/aromatic N) is 1. The molecule has 2 unspecified atom stereocenters. The van der Waals surface area contributed by atoms with Crippen molar-refractivity contribution in [3.63, 3.8) is 0 Å². The maximum Gasteiger partial charge on any atom is 0.0991 e. The van der Waals surface area contributed by atoms with Gasteiger partial charge in [0.1, 0.15) is 0 Å². The molecule has 1 rings (SSSR count). The standard InChI is InChI=1S/C11H14N2O/c1-2-10(14)11(13)9-5-3-4-8(6-9)7-12/h3-6,10-11,14H,2,13H2,1H3.